The summed E-state index contributed by atoms with van der Waals surface area (Å²) >= 11 is 0. The van der Waals surface area contributed by atoms with E-state index in [-0.39, 0.29) is 12.4 Å². The summed E-state index contributed by atoms with van der Waals surface area (Å²) in [5.41, 5.74) is -2.17. The van der Waals surface area contributed by atoms with Crippen molar-refractivity contribution in [2.45, 2.75) is 83.3 Å². The van der Waals surface area contributed by atoms with Crippen LogP contribution in [0.4, 0.5) is 24.2 Å². The average molecular weight is 491 g/mol. The van der Waals surface area contributed by atoms with Gasteiger partial charge < -0.3 is 24.1 Å². The van der Waals surface area contributed by atoms with Gasteiger partial charge in [-0.3, -0.25) is 9.88 Å². The summed E-state index contributed by atoms with van der Waals surface area (Å²) in [6.07, 6.45) is -3.71. The number of ether oxygens (including phenoxy) is 4. The second kappa shape index (κ2) is 11.6. The molecule has 34 heavy (non-hydrogen) atoms. The highest BCUT2D eigenvalue weighted by molar-refractivity contribution is 5.83. The zero-order valence-electron chi connectivity index (χ0n) is 19.6. The van der Waals surface area contributed by atoms with Crippen LogP contribution in [0.1, 0.15) is 59.6 Å². The van der Waals surface area contributed by atoms with E-state index >= 15 is 8.78 Å². The van der Waals surface area contributed by atoms with Gasteiger partial charge in [0.2, 0.25) is 12.3 Å². The molecule has 0 saturated carbocycles. The van der Waals surface area contributed by atoms with Gasteiger partial charge in [0.25, 0.3) is 0 Å². The van der Waals surface area contributed by atoms with E-state index in [4.69, 9.17) is 18.9 Å². The monoisotopic (exact) mass is 491 g/mol. The lowest BCUT2D eigenvalue weighted by molar-refractivity contribution is -0.149. The molecule has 0 unspecified atom stereocenters. The number of nitrogens with one attached hydrogen (secondary N) is 1. The van der Waals surface area contributed by atoms with E-state index in [1.54, 1.807) is 0 Å². The van der Waals surface area contributed by atoms with Gasteiger partial charge in [-0.25, -0.2) is 14.4 Å². The first kappa shape index (κ1) is 27.4. The normalized spacial score (nSPS) is 21.7. The lowest BCUT2D eigenvalue weighted by atomic mass is 10.1. The van der Waals surface area contributed by atoms with Crippen molar-refractivity contribution in [3.05, 3.63) is 22.7 Å². The number of rotatable bonds is 9. The van der Waals surface area contributed by atoms with Crippen molar-refractivity contribution in [3.8, 4) is 0 Å². The third-order valence-electron chi connectivity index (χ3n) is 4.69. The molecule has 0 bridgehead atoms. The molecular weight excluding hydrogens is 460 g/mol. The molecule has 1 aliphatic heterocycles. The van der Waals surface area contributed by atoms with E-state index in [2.05, 4.69) is 10.3 Å². The standard InChI is InChI=1S/C21H31F2N3O8/c1-5-6-7-8-11-31-18(29)25-14-9-10-26(17(28)24-14)16-21(22,23)15(13(12-27)32-16)33-19(30)34-20(2,3)4/h9-10,13,15-16,27H,5-8,11-12H2,1-4H3,(H,24,25,28,29)/t13-,15-,16-/m1/s1. The molecular formula is C21H31F2N3O8. The minimum absolute atomic E-state index is 0.187. The second-order valence-electron chi connectivity index (χ2n) is 8.71. The van der Waals surface area contributed by atoms with Gasteiger partial charge in [-0.05, 0) is 33.3 Å². The number of aliphatic hydroxyl groups is 1. The Labute approximate surface area is 195 Å². The number of hydrogen-bond donors (Lipinski definition) is 2. The summed E-state index contributed by atoms with van der Waals surface area (Å²) < 4.78 is 50.3. The lowest BCUT2D eigenvalue weighted by Gasteiger charge is -2.25. The number of halogens is 2. The molecule has 3 atom stereocenters. The Bertz CT molecular complexity index is 903. The number of nitrogens with zero attached hydrogens (tertiary/aromatic N) is 2. The molecule has 1 aromatic rings. The van der Waals surface area contributed by atoms with Crippen molar-refractivity contribution in [1.82, 2.24) is 9.55 Å². The molecule has 1 aliphatic rings. The Kier molecular flexibility index (Phi) is 9.33. The van der Waals surface area contributed by atoms with Crippen LogP contribution in [0.25, 0.3) is 0 Å². The summed E-state index contributed by atoms with van der Waals surface area (Å²) in [6, 6.07) is 1.11. The highest BCUT2D eigenvalue weighted by Gasteiger charge is 2.62. The number of aliphatic hydroxyl groups excluding tert-OH is 1. The number of carbonyl (C=O) groups is 2. The largest absolute Gasteiger partial charge is 0.509 e. The first-order valence-corrected chi connectivity index (χ1v) is 11.0. The van der Waals surface area contributed by atoms with Crippen LogP contribution in [0.15, 0.2) is 17.1 Å². The number of carbonyl (C=O) groups excluding carboxylic acids is 2. The van der Waals surface area contributed by atoms with E-state index < -0.39 is 54.5 Å². The smallest absolute Gasteiger partial charge is 0.449 e. The fourth-order valence-electron chi connectivity index (χ4n) is 3.13. The molecule has 1 aromatic heterocycles. The van der Waals surface area contributed by atoms with E-state index in [9.17, 15) is 19.5 Å². The zero-order valence-corrected chi connectivity index (χ0v) is 19.6. The summed E-state index contributed by atoms with van der Waals surface area (Å²) in [6.45, 7) is 5.89. The first-order valence-electron chi connectivity index (χ1n) is 11.0. The molecule has 11 nitrogen and oxygen atoms in total. The molecule has 1 saturated heterocycles. The summed E-state index contributed by atoms with van der Waals surface area (Å²) in [5.74, 6) is -4.12. The summed E-state index contributed by atoms with van der Waals surface area (Å²) in [5, 5.41) is 11.7. The van der Waals surface area contributed by atoms with Gasteiger partial charge in [0.1, 0.15) is 17.5 Å². The minimum atomic E-state index is -3.91. The number of aromatic nitrogens is 2. The summed E-state index contributed by atoms with van der Waals surface area (Å²) in [7, 11) is 0. The molecule has 13 heteroatoms. The van der Waals surface area contributed by atoms with Crippen LogP contribution >= 0.6 is 0 Å². The van der Waals surface area contributed by atoms with Gasteiger partial charge in [0.05, 0.1) is 13.2 Å². The topological polar surface area (TPSA) is 138 Å². The Hall–Kier alpha value is -2.80. The molecule has 2 heterocycles. The van der Waals surface area contributed by atoms with Gasteiger partial charge in [-0.2, -0.15) is 13.8 Å². The Morgan fingerprint density at radius 2 is 2.00 bits per heavy atom. The van der Waals surface area contributed by atoms with Crippen molar-refractivity contribution >= 4 is 18.1 Å². The van der Waals surface area contributed by atoms with Gasteiger partial charge in [0, 0.05) is 6.20 Å². The number of unbranched alkanes of at least 4 members (excludes halogenated alkanes) is 3. The number of hydrogen-bond acceptors (Lipinski definition) is 9. The Morgan fingerprint density at radius 1 is 1.29 bits per heavy atom. The van der Waals surface area contributed by atoms with Crippen LogP contribution in [0.2, 0.25) is 0 Å². The van der Waals surface area contributed by atoms with Crippen molar-refractivity contribution in [2.75, 3.05) is 18.5 Å². The third kappa shape index (κ3) is 7.35. The summed E-state index contributed by atoms with van der Waals surface area (Å²) in [4.78, 5) is 39.7. The van der Waals surface area contributed by atoms with Gasteiger partial charge in [0.15, 0.2) is 0 Å². The van der Waals surface area contributed by atoms with Crippen LogP contribution < -0.4 is 11.0 Å². The number of anilines is 1. The Balaban J connectivity index is 2.09. The highest BCUT2D eigenvalue weighted by atomic mass is 19.3. The maximum absolute atomic E-state index is 15.1. The van der Waals surface area contributed by atoms with Crippen LogP contribution in [0.5, 0.6) is 0 Å². The molecule has 1 fully saturated rings. The zero-order chi connectivity index (χ0) is 25.5. The van der Waals surface area contributed by atoms with Gasteiger partial charge >= 0.3 is 23.9 Å². The number of amides is 1. The van der Waals surface area contributed by atoms with Crippen LogP contribution in [-0.4, -0.2) is 63.9 Å². The molecule has 2 rings (SSSR count). The Morgan fingerprint density at radius 3 is 2.59 bits per heavy atom. The lowest BCUT2D eigenvalue weighted by Crippen LogP contribution is -2.45. The maximum Gasteiger partial charge on any atom is 0.509 e. The third-order valence-corrected chi connectivity index (χ3v) is 4.69. The molecule has 0 aromatic carbocycles. The van der Waals surface area contributed by atoms with Crippen molar-refractivity contribution in [2.24, 2.45) is 0 Å². The van der Waals surface area contributed by atoms with Gasteiger partial charge in [-0.15, -0.1) is 0 Å². The van der Waals surface area contributed by atoms with E-state index in [0.29, 0.717) is 11.0 Å². The van der Waals surface area contributed by atoms with Crippen LogP contribution in [-0.2, 0) is 18.9 Å². The van der Waals surface area contributed by atoms with Gasteiger partial charge in [-0.1, -0.05) is 26.2 Å². The second-order valence-corrected chi connectivity index (χ2v) is 8.71. The minimum Gasteiger partial charge on any atom is -0.449 e. The van der Waals surface area contributed by atoms with Crippen LogP contribution in [0, 0.1) is 0 Å². The fourth-order valence-corrected chi connectivity index (χ4v) is 3.13. The van der Waals surface area contributed by atoms with Crippen LogP contribution in [0.3, 0.4) is 0 Å². The quantitative estimate of drug-likeness (QED) is 0.394. The SMILES string of the molecule is CCCCCCOC(=O)Nc1ccn([C@@H]2O[C@H](CO)[C@@H](OC(=O)OC(C)(C)C)C2(F)F)c(=O)n1. The van der Waals surface area contributed by atoms with E-state index in [1.807, 2.05) is 6.92 Å². The van der Waals surface area contributed by atoms with E-state index in [1.165, 1.54) is 20.8 Å². The first-order chi connectivity index (χ1) is 15.9. The molecule has 2 N–H and O–H groups in total. The highest BCUT2D eigenvalue weighted by Crippen LogP contribution is 2.44. The number of alkyl halides is 2. The average Bonchev–Trinajstić information content (AvgIpc) is 2.96. The molecule has 1 amide bonds. The fraction of sp³-hybridized carbons (Fsp3) is 0.714. The van der Waals surface area contributed by atoms with E-state index in [0.717, 1.165) is 31.5 Å². The molecule has 0 radical (unpaired) electrons. The van der Waals surface area contributed by atoms with Crippen molar-refractivity contribution in [1.29, 1.82) is 0 Å². The van der Waals surface area contributed by atoms with Crippen molar-refractivity contribution in [3.63, 3.8) is 0 Å². The maximum atomic E-state index is 15.1. The van der Waals surface area contributed by atoms with Crippen molar-refractivity contribution < 1.29 is 42.4 Å². The molecule has 0 spiro atoms. The molecule has 0 aliphatic carbocycles. The molecule has 192 valence electrons. The predicted molar refractivity (Wildman–Crippen MR) is 115 cm³/mol. The predicted octanol–water partition coefficient (Wildman–Crippen LogP) is 3.22.